The molecule has 1 fully saturated rings. The predicted octanol–water partition coefficient (Wildman–Crippen LogP) is 5.62. The molecule has 4 aromatic rings. The summed E-state index contributed by atoms with van der Waals surface area (Å²) >= 11 is 1.41. The fraction of sp³-hybridized carbons (Fsp3) is 0.192. The van der Waals surface area contributed by atoms with Gasteiger partial charge in [-0.15, -0.1) is 16.8 Å². The lowest BCUT2D eigenvalue weighted by Crippen LogP contribution is -2.15. The number of anilines is 1. The van der Waals surface area contributed by atoms with Gasteiger partial charge in [-0.2, -0.15) is 0 Å². The summed E-state index contributed by atoms with van der Waals surface area (Å²) in [6.07, 6.45) is 2.93. The second kappa shape index (κ2) is 9.01. The number of rotatable bonds is 8. The molecular weight excluding hydrogens is 416 g/mol. The van der Waals surface area contributed by atoms with Crippen LogP contribution in [0.25, 0.3) is 10.8 Å². The molecule has 6 heteroatoms. The van der Waals surface area contributed by atoms with Crippen molar-refractivity contribution in [3.05, 3.63) is 96.8 Å². The first-order valence-electron chi connectivity index (χ1n) is 10.7. The molecule has 5 rings (SSSR count). The summed E-state index contributed by atoms with van der Waals surface area (Å²) in [6, 6.07) is 24.5. The Morgan fingerprint density at radius 2 is 1.81 bits per heavy atom. The van der Waals surface area contributed by atoms with E-state index in [2.05, 4.69) is 50.9 Å². The zero-order valence-electron chi connectivity index (χ0n) is 17.6. The molecule has 2 atom stereocenters. The van der Waals surface area contributed by atoms with Crippen LogP contribution in [0.4, 0.5) is 5.69 Å². The molecule has 1 aliphatic carbocycles. The highest BCUT2D eigenvalue weighted by Crippen LogP contribution is 2.54. The number of thioether (sulfide) groups is 1. The van der Waals surface area contributed by atoms with Crippen molar-refractivity contribution in [3.63, 3.8) is 0 Å². The minimum atomic E-state index is -0.0605. The van der Waals surface area contributed by atoms with Crippen LogP contribution in [0.1, 0.15) is 29.6 Å². The Hall–Kier alpha value is -3.38. The van der Waals surface area contributed by atoms with Crippen molar-refractivity contribution in [2.75, 3.05) is 11.1 Å². The minimum absolute atomic E-state index is 0.0605. The Bertz CT molecular complexity index is 1260. The number of amides is 1. The number of fused-ring (bicyclic) bond motifs is 1. The Labute approximate surface area is 191 Å². The number of aromatic nitrogens is 3. The van der Waals surface area contributed by atoms with Crippen LogP contribution in [0.5, 0.6) is 0 Å². The Morgan fingerprint density at radius 1 is 1.03 bits per heavy atom. The van der Waals surface area contributed by atoms with Gasteiger partial charge in [-0.1, -0.05) is 84.6 Å². The number of hydrogen-bond donors (Lipinski definition) is 1. The number of carbonyl (C=O) groups is 1. The maximum atomic E-state index is 12.7. The smallest absolute Gasteiger partial charge is 0.234 e. The lowest BCUT2D eigenvalue weighted by atomic mass is 10.1. The molecule has 1 heterocycles. The molecule has 0 aliphatic heterocycles. The number of hydrogen-bond acceptors (Lipinski definition) is 4. The zero-order valence-corrected chi connectivity index (χ0v) is 18.5. The van der Waals surface area contributed by atoms with E-state index in [1.165, 1.54) is 17.3 Å². The van der Waals surface area contributed by atoms with Gasteiger partial charge in [-0.05, 0) is 29.4 Å². The van der Waals surface area contributed by atoms with Gasteiger partial charge in [-0.25, -0.2) is 0 Å². The first-order chi connectivity index (χ1) is 15.7. The van der Waals surface area contributed by atoms with E-state index in [9.17, 15) is 4.79 Å². The van der Waals surface area contributed by atoms with Crippen LogP contribution in [-0.2, 0) is 11.3 Å². The van der Waals surface area contributed by atoms with Crippen LogP contribution < -0.4 is 5.32 Å². The van der Waals surface area contributed by atoms with E-state index in [-0.39, 0.29) is 11.7 Å². The fourth-order valence-electron chi connectivity index (χ4n) is 4.18. The third kappa shape index (κ3) is 4.18. The minimum Gasteiger partial charge on any atom is -0.325 e. The van der Waals surface area contributed by atoms with E-state index < -0.39 is 0 Å². The molecule has 2 unspecified atom stereocenters. The highest BCUT2D eigenvalue weighted by Gasteiger charge is 2.43. The van der Waals surface area contributed by atoms with E-state index in [0.29, 0.717) is 18.4 Å². The van der Waals surface area contributed by atoms with Crippen molar-refractivity contribution in [2.24, 2.45) is 0 Å². The Kier molecular flexibility index (Phi) is 5.77. The predicted molar refractivity (Wildman–Crippen MR) is 130 cm³/mol. The summed E-state index contributed by atoms with van der Waals surface area (Å²) in [5.74, 6) is 2.04. The molecule has 0 radical (unpaired) electrons. The van der Waals surface area contributed by atoms with Crippen molar-refractivity contribution in [3.8, 4) is 0 Å². The van der Waals surface area contributed by atoms with Crippen molar-refractivity contribution < 1.29 is 4.79 Å². The molecular formula is C26H24N4OS. The van der Waals surface area contributed by atoms with Gasteiger partial charge in [0.2, 0.25) is 5.91 Å². The van der Waals surface area contributed by atoms with Crippen molar-refractivity contribution in [1.82, 2.24) is 14.8 Å². The molecule has 3 aromatic carbocycles. The van der Waals surface area contributed by atoms with Gasteiger partial charge in [0, 0.05) is 23.5 Å². The number of nitrogens with one attached hydrogen (secondary N) is 1. The van der Waals surface area contributed by atoms with E-state index in [1.54, 1.807) is 0 Å². The lowest BCUT2D eigenvalue weighted by molar-refractivity contribution is -0.113. The Balaban J connectivity index is 1.27. The standard InChI is InChI=1S/C26H24N4OS/c1-2-15-30-25(22-16-21(22)19-9-4-3-5-10-19)28-29-26(30)32-17-24(31)27-23-14-8-12-18-11-6-7-13-20(18)23/h2-14,21-22H,1,15-17H2,(H,27,31). The molecule has 32 heavy (non-hydrogen) atoms. The fourth-order valence-corrected chi connectivity index (χ4v) is 4.94. The first-order valence-corrected chi connectivity index (χ1v) is 11.7. The number of nitrogens with zero attached hydrogens (tertiary/aromatic N) is 3. The molecule has 5 nitrogen and oxygen atoms in total. The highest BCUT2D eigenvalue weighted by atomic mass is 32.2. The molecule has 160 valence electrons. The van der Waals surface area contributed by atoms with Gasteiger partial charge < -0.3 is 9.88 Å². The van der Waals surface area contributed by atoms with Gasteiger partial charge in [0.1, 0.15) is 5.82 Å². The van der Waals surface area contributed by atoms with Crippen LogP contribution in [0.2, 0.25) is 0 Å². The molecule has 0 bridgehead atoms. The maximum Gasteiger partial charge on any atom is 0.234 e. The van der Waals surface area contributed by atoms with Crippen molar-refractivity contribution in [2.45, 2.75) is 30.0 Å². The van der Waals surface area contributed by atoms with Crippen LogP contribution in [0.15, 0.2) is 90.6 Å². The molecule has 1 N–H and O–H groups in total. The molecule has 0 saturated heterocycles. The van der Waals surface area contributed by atoms with Gasteiger partial charge in [-0.3, -0.25) is 4.79 Å². The van der Waals surface area contributed by atoms with Gasteiger partial charge in [0.05, 0.1) is 5.75 Å². The molecule has 1 aliphatic rings. The second-order valence-corrected chi connectivity index (χ2v) is 8.91. The summed E-state index contributed by atoms with van der Waals surface area (Å²) in [5, 5.41) is 14.8. The molecule has 1 aromatic heterocycles. The summed E-state index contributed by atoms with van der Waals surface area (Å²) in [6.45, 7) is 4.52. The summed E-state index contributed by atoms with van der Waals surface area (Å²) in [7, 11) is 0. The molecule has 1 saturated carbocycles. The van der Waals surface area contributed by atoms with Gasteiger partial charge in [0.15, 0.2) is 5.16 Å². The third-order valence-electron chi connectivity index (χ3n) is 5.80. The molecule has 1 amide bonds. The SMILES string of the molecule is C=CCn1c(SCC(=O)Nc2cccc3ccccc23)nnc1C1CC1c1ccccc1. The quantitative estimate of drug-likeness (QED) is 0.285. The number of allylic oxidation sites excluding steroid dienone is 1. The van der Waals surface area contributed by atoms with Crippen LogP contribution >= 0.6 is 11.8 Å². The normalized spacial score (nSPS) is 17.2. The van der Waals surface area contributed by atoms with E-state index in [1.807, 2.05) is 54.6 Å². The summed E-state index contributed by atoms with van der Waals surface area (Å²) < 4.78 is 2.09. The van der Waals surface area contributed by atoms with E-state index >= 15 is 0 Å². The van der Waals surface area contributed by atoms with Gasteiger partial charge >= 0.3 is 0 Å². The monoisotopic (exact) mass is 440 g/mol. The second-order valence-electron chi connectivity index (χ2n) is 7.96. The lowest BCUT2D eigenvalue weighted by Gasteiger charge is -2.10. The van der Waals surface area contributed by atoms with E-state index in [0.717, 1.165) is 33.9 Å². The molecule has 0 spiro atoms. The van der Waals surface area contributed by atoms with Crippen LogP contribution in [0.3, 0.4) is 0 Å². The maximum absolute atomic E-state index is 12.7. The topological polar surface area (TPSA) is 59.8 Å². The number of carbonyl (C=O) groups excluding carboxylic acids is 1. The average molecular weight is 441 g/mol. The average Bonchev–Trinajstić information content (AvgIpc) is 3.53. The highest BCUT2D eigenvalue weighted by molar-refractivity contribution is 7.99. The van der Waals surface area contributed by atoms with Crippen LogP contribution in [-0.4, -0.2) is 26.4 Å². The Morgan fingerprint density at radius 3 is 2.66 bits per heavy atom. The first kappa shape index (κ1) is 20.5. The zero-order chi connectivity index (χ0) is 21.9. The number of benzene rings is 3. The largest absolute Gasteiger partial charge is 0.325 e. The van der Waals surface area contributed by atoms with Gasteiger partial charge in [0.25, 0.3) is 0 Å². The summed E-state index contributed by atoms with van der Waals surface area (Å²) in [4.78, 5) is 12.7. The summed E-state index contributed by atoms with van der Waals surface area (Å²) in [5.41, 5.74) is 2.17. The third-order valence-corrected chi connectivity index (χ3v) is 6.77. The van der Waals surface area contributed by atoms with Crippen molar-refractivity contribution in [1.29, 1.82) is 0 Å². The van der Waals surface area contributed by atoms with Crippen molar-refractivity contribution >= 4 is 34.1 Å². The van der Waals surface area contributed by atoms with Crippen LogP contribution in [0, 0.1) is 0 Å². The van der Waals surface area contributed by atoms with E-state index in [4.69, 9.17) is 0 Å².